The number of rotatable bonds is 8. The van der Waals surface area contributed by atoms with Crippen LogP contribution in [0, 0.1) is 34.2 Å². The van der Waals surface area contributed by atoms with Gasteiger partial charge in [0, 0.05) is 67.0 Å². The Morgan fingerprint density at radius 3 is 2.42 bits per heavy atom. The number of nitrogens with one attached hydrogen (secondary N) is 1. The molecule has 3 aromatic carbocycles. The molecule has 278 valence electrons. The molecule has 3 aliphatic heterocycles. The zero-order valence-corrected chi connectivity index (χ0v) is 28.5. The van der Waals surface area contributed by atoms with Gasteiger partial charge in [-0.1, -0.05) is 30.3 Å². The van der Waals surface area contributed by atoms with E-state index in [1.165, 1.54) is 29.1 Å². The van der Waals surface area contributed by atoms with E-state index < -0.39 is 46.4 Å². The molecule has 2 fully saturated rings. The number of fused-ring (bicyclic) bond motifs is 3. The Bertz CT molecular complexity index is 2090. The lowest BCUT2D eigenvalue weighted by molar-refractivity contribution is -0.223. The molecule has 16 heteroatoms. The van der Waals surface area contributed by atoms with Gasteiger partial charge in [-0.2, -0.15) is 18.3 Å². The second-order valence-corrected chi connectivity index (χ2v) is 14.2. The predicted octanol–water partition coefficient (Wildman–Crippen LogP) is 6.22. The predicted molar refractivity (Wildman–Crippen MR) is 176 cm³/mol. The fraction of sp³-hybridized carbons (Fsp3) is 0.351. The zero-order valence-electron chi connectivity index (χ0n) is 28.5. The van der Waals surface area contributed by atoms with E-state index in [2.05, 4.69) is 10.6 Å². The van der Waals surface area contributed by atoms with Crippen LogP contribution in [-0.2, 0) is 27.5 Å². The third-order valence-electron chi connectivity index (χ3n) is 10.3. The van der Waals surface area contributed by atoms with Crippen LogP contribution in [0.1, 0.15) is 45.7 Å². The first-order valence-electron chi connectivity index (χ1n) is 16.6. The van der Waals surface area contributed by atoms with Crippen LogP contribution >= 0.6 is 0 Å². The van der Waals surface area contributed by atoms with Crippen molar-refractivity contribution < 1.29 is 50.3 Å². The smallest absolute Gasteiger partial charge is 0.376 e. The van der Waals surface area contributed by atoms with Gasteiger partial charge in [-0.25, -0.2) is 23.4 Å². The van der Waals surface area contributed by atoms with Gasteiger partial charge < -0.3 is 19.4 Å². The Kier molecular flexibility index (Phi) is 8.99. The number of alkyl halides is 3. The van der Waals surface area contributed by atoms with Gasteiger partial charge in [0.15, 0.2) is 0 Å². The average Bonchev–Trinajstić information content (AvgIpc) is 3.68. The summed E-state index contributed by atoms with van der Waals surface area (Å²) in [6, 6.07) is 12.2. The highest BCUT2D eigenvalue weighted by atomic mass is 19.4. The summed E-state index contributed by atoms with van der Waals surface area (Å²) in [6.45, 7) is 1.96. The van der Waals surface area contributed by atoms with Crippen LogP contribution in [0.3, 0.4) is 0 Å². The first-order valence-corrected chi connectivity index (χ1v) is 16.6. The number of amides is 2. The number of halogens is 6. The van der Waals surface area contributed by atoms with Crippen LogP contribution in [0.2, 0.25) is 0 Å². The van der Waals surface area contributed by atoms with Crippen LogP contribution in [0.15, 0.2) is 67.0 Å². The minimum absolute atomic E-state index is 0.00496. The van der Waals surface area contributed by atoms with E-state index in [1.54, 1.807) is 35.4 Å². The highest BCUT2D eigenvalue weighted by Gasteiger charge is 2.61. The van der Waals surface area contributed by atoms with Crippen LogP contribution in [-0.4, -0.2) is 76.3 Å². The Balaban J connectivity index is 1.10. The standard InChI is InChI=1S/C37H33F6N5O5/c1-35(2,37(41,42)43)34(51)47-19-36(20-47)18-46(32(49)23-12-44-48(14-23)13-21-6-8-25(38)9-7-21)15-24(36)17-52-16-22-4-3-5-27-30(22)33(50)53-45-29-11-26(39)10-28(40)31(27)29/h3-12,14,24,45H,13,15-20H2,1-2H3. The van der Waals surface area contributed by atoms with Gasteiger partial charge in [-0.05, 0) is 37.1 Å². The molecule has 0 radical (unpaired) electrons. The number of carbonyl (C=O) groups is 3. The van der Waals surface area contributed by atoms with E-state index >= 15 is 0 Å². The Morgan fingerprint density at radius 1 is 0.981 bits per heavy atom. The molecule has 7 rings (SSSR count). The molecule has 1 spiro atoms. The third-order valence-corrected chi connectivity index (χ3v) is 10.3. The summed E-state index contributed by atoms with van der Waals surface area (Å²) in [4.78, 5) is 47.6. The van der Waals surface area contributed by atoms with Gasteiger partial charge in [-0.3, -0.25) is 14.3 Å². The maximum Gasteiger partial charge on any atom is 0.402 e. The molecule has 4 heterocycles. The number of anilines is 1. The monoisotopic (exact) mass is 741 g/mol. The average molecular weight is 742 g/mol. The van der Waals surface area contributed by atoms with Crippen LogP contribution < -0.4 is 5.48 Å². The molecule has 1 aromatic heterocycles. The van der Waals surface area contributed by atoms with Gasteiger partial charge in [0.25, 0.3) is 5.91 Å². The topological polar surface area (TPSA) is 106 Å². The minimum Gasteiger partial charge on any atom is -0.376 e. The molecule has 53 heavy (non-hydrogen) atoms. The normalized spacial score (nSPS) is 17.8. The SMILES string of the molecule is CC(C)(C(=O)N1CC2(CN(C(=O)c3cnn(Cc4ccc(F)cc4)c3)CC2COCc2cccc3c2C(=O)ONc2cc(F)cc(F)c2-3)C1)C(F)(F)F. The second-order valence-electron chi connectivity index (χ2n) is 14.2. The molecule has 3 aliphatic rings. The van der Waals surface area contributed by atoms with Gasteiger partial charge in [0.1, 0.15) is 22.9 Å². The largest absolute Gasteiger partial charge is 0.402 e. The van der Waals surface area contributed by atoms with E-state index in [9.17, 15) is 40.7 Å². The van der Waals surface area contributed by atoms with Gasteiger partial charge in [-0.15, -0.1) is 0 Å². The van der Waals surface area contributed by atoms with Crippen molar-refractivity contribution in [2.75, 3.05) is 38.3 Å². The Hall–Kier alpha value is -5.38. The van der Waals surface area contributed by atoms with Gasteiger partial charge in [0.2, 0.25) is 5.91 Å². The van der Waals surface area contributed by atoms with Crippen molar-refractivity contribution in [1.29, 1.82) is 0 Å². The summed E-state index contributed by atoms with van der Waals surface area (Å²) in [5.74, 6) is -4.92. The zero-order chi connectivity index (χ0) is 37.9. The van der Waals surface area contributed by atoms with E-state index in [1.807, 2.05) is 0 Å². The summed E-state index contributed by atoms with van der Waals surface area (Å²) >= 11 is 0. The van der Waals surface area contributed by atoms with Gasteiger partial charge in [0.05, 0.1) is 42.8 Å². The van der Waals surface area contributed by atoms with Crippen molar-refractivity contribution in [2.24, 2.45) is 16.7 Å². The maximum atomic E-state index is 15.0. The molecule has 10 nitrogen and oxygen atoms in total. The lowest BCUT2D eigenvalue weighted by atomic mass is 9.70. The maximum absolute atomic E-state index is 15.0. The number of benzene rings is 3. The number of hydrogen-bond donors (Lipinski definition) is 1. The Labute approximate surface area is 299 Å². The fourth-order valence-electron chi connectivity index (χ4n) is 7.23. The number of ether oxygens (including phenoxy) is 1. The van der Waals surface area contributed by atoms with Crippen molar-refractivity contribution in [3.63, 3.8) is 0 Å². The molecule has 1 N–H and O–H groups in total. The number of carbonyl (C=O) groups excluding carboxylic acids is 3. The molecule has 2 amide bonds. The van der Waals surface area contributed by atoms with Crippen LogP contribution in [0.5, 0.6) is 0 Å². The number of aromatic nitrogens is 2. The van der Waals surface area contributed by atoms with E-state index in [-0.39, 0.29) is 85.6 Å². The van der Waals surface area contributed by atoms with Crippen LogP contribution in [0.4, 0.5) is 32.0 Å². The van der Waals surface area contributed by atoms with Gasteiger partial charge >= 0.3 is 12.1 Å². The lowest BCUT2D eigenvalue weighted by Gasteiger charge is -2.52. The first kappa shape index (κ1) is 36.0. The first-order chi connectivity index (χ1) is 25.1. The minimum atomic E-state index is -4.77. The summed E-state index contributed by atoms with van der Waals surface area (Å²) in [5.41, 5.74) is 0.250. The van der Waals surface area contributed by atoms with E-state index in [0.717, 1.165) is 30.4 Å². The van der Waals surface area contributed by atoms with Crippen molar-refractivity contribution in [3.05, 3.63) is 107 Å². The van der Waals surface area contributed by atoms with Crippen molar-refractivity contribution in [3.8, 4) is 11.1 Å². The summed E-state index contributed by atoms with van der Waals surface area (Å²) in [6.07, 6.45) is -1.83. The highest BCUT2D eigenvalue weighted by Crippen LogP contribution is 2.48. The second kappa shape index (κ2) is 13.2. The fourth-order valence-corrected chi connectivity index (χ4v) is 7.23. The molecular formula is C37H33F6N5O5. The molecule has 1 unspecified atom stereocenters. The van der Waals surface area contributed by atoms with Crippen molar-refractivity contribution in [2.45, 2.75) is 33.2 Å². The lowest BCUT2D eigenvalue weighted by Crippen LogP contribution is -2.66. The molecule has 0 saturated carbocycles. The molecule has 0 bridgehead atoms. The van der Waals surface area contributed by atoms with Crippen LogP contribution in [0.25, 0.3) is 11.1 Å². The van der Waals surface area contributed by atoms with E-state index in [0.29, 0.717) is 11.6 Å². The van der Waals surface area contributed by atoms with Crippen molar-refractivity contribution >= 4 is 23.5 Å². The Morgan fingerprint density at radius 2 is 1.70 bits per heavy atom. The molecule has 2 saturated heterocycles. The summed E-state index contributed by atoms with van der Waals surface area (Å²) in [7, 11) is 0. The molecule has 1 atom stereocenters. The number of nitrogens with zero attached hydrogens (tertiary/aromatic N) is 4. The van der Waals surface area contributed by atoms with Crippen molar-refractivity contribution in [1.82, 2.24) is 19.6 Å². The quantitative estimate of drug-likeness (QED) is 0.214. The van der Waals surface area contributed by atoms with E-state index in [4.69, 9.17) is 9.57 Å². The number of likely N-dealkylation sites (tertiary alicyclic amines) is 2. The summed E-state index contributed by atoms with van der Waals surface area (Å²) < 4.78 is 91.2. The molecular weight excluding hydrogens is 708 g/mol. The third kappa shape index (κ3) is 6.60. The number of hydrogen-bond acceptors (Lipinski definition) is 7. The highest BCUT2D eigenvalue weighted by molar-refractivity contribution is 6.02. The molecule has 4 aromatic rings. The molecule has 0 aliphatic carbocycles. The summed E-state index contributed by atoms with van der Waals surface area (Å²) in [5, 5.41) is 4.26.